The summed E-state index contributed by atoms with van der Waals surface area (Å²) in [7, 11) is 0. The van der Waals surface area contributed by atoms with Crippen LogP contribution in [0.5, 0.6) is 0 Å². The minimum absolute atomic E-state index is 0.463. The monoisotopic (exact) mass is 565 g/mol. The maximum absolute atomic E-state index is 6.40. The van der Waals surface area contributed by atoms with Gasteiger partial charge in [0.05, 0.1) is 0 Å². The molecule has 0 aromatic heterocycles. The molecule has 0 saturated heterocycles. The van der Waals surface area contributed by atoms with Crippen LogP contribution in [-0.4, -0.2) is 19.1 Å². The summed E-state index contributed by atoms with van der Waals surface area (Å²) in [6.45, 7) is 6.83. The van der Waals surface area contributed by atoms with Crippen LogP contribution in [0.25, 0.3) is 0 Å². The number of unbranched alkanes of at least 4 members (excludes halogenated alkanes) is 29. The molecule has 0 fully saturated rings. The van der Waals surface area contributed by atoms with E-state index in [9.17, 15) is 0 Å². The quantitative estimate of drug-likeness (QED) is 0.0742. The van der Waals surface area contributed by atoms with Gasteiger partial charge in [0.15, 0.2) is 0 Å². The number of rotatable bonds is 36. The van der Waals surface area contributed by atoms with Crippen molar-refractivity contribution in [3.05, 3.63) is 0 Å². The molecule has 0 rings (SSSR count). The van der Waals surface area contributed by atoms with Gasteiger partial charge in [-0.1, -0.05) is 206 Å². The maximum atomic E-state index is 6.40. The molecule has 0 spiro atoms. The SMILES string of the molecule is CCCCCCCCCCCCCCCCCCC(N)CCCCCCCCCCCCCCCCCNCC. The molecule has 1 atom stereocenters. The second-order valence-electron chi connectivity index (χ2n) is 13.3. The van der Waals surface area contributed by atoms with E-state index in [0.29, 0.717) is 6.04 Å². The third-order valence-electron chi connectivity index (χ3n) is 9.11. The van der Waals surface area contributed by atoms with Gasteiger partial charge in [0.25, 0.3) is 0 Å². The average Bonchev–Trinajstić information content (AvgIpc) is 2.96. The van der Waals surface area contributed by atoms with Crippen molar-refractivity contribution in [3.63, 3.8) is 0 Å². The molecule has 0 heterocycles. The van der Waals surface area contributed by atoms with Crippen molar-refractivity contribution in [1.29, 1.82) is 0 Å². The fraction of sp³-hybridized carbons (Fsp3) is 1.00. The molecule has 1 unspecified atom stereocenters. The van der Waals surface area contributed by atoms with Crippen molar-refractivity contribution in [3.8, 4) is 0 Å². The normalized spacial score (nSPS) is 12.4. The van der Waals surface area contributed by atoms with Crippen molar-refractivity contribution in [2.75, 3.05) is 13.1 Å². The van der Waals surface area contributed by atoms with Crippen LogP contribution in [0.3, 0.4) is 0 Å². The lowest BCUT2D eigenvalue weighted by atomic mass is 10.00. The summed E-state index contributed by atoms with van der Waals surface area (Å²) in [5.41, 5.74) is 6.40. The number of nitrogens with two attached hydrogens (primary N) is 1. The second kappa shape index (κ2) is 36.9. The Morgan fingerprint density at radius 3 is 0.875 bits per heavy atom. The van der Waals surface area contributed by atoms with Gasteiger partial charge in [0.2, 0.25) is 0 Å². The molecule has 0 aromatic rings. The van der Waals surface area contributed by atoms with Gasteiger partial charge < -0.3 is 11.1 Å². The highest BCUT2D eigenvalue weighted by Gasteiger charge is 2.03. The lowest BCUT2D eigenvalue weighted by Gasteiger charge is -2.11. The summed E-state index contributed by atoms with van der Waals surface area (Å²) in [5.74, 6) is 0. The Kier molecular flexibility index (Phi) is 36.9. The second-order valence-corrected chi connectivity index (χ2v) is 13.3. The summed E-state index contributed by atoms with van der Waals surface area (Å²) >= 11 is 0. The first-order chi connectivity index (χ1) is 19.8. The largest absolute Gasteiger partial charge is 0.328 e. The van der Waals surface area contributed by atoms with Gasteiger partial charge in [-0.2, -0.15) is 0 Å². The van der Waals surface area contributed by atoms with E-state index >= 15 is 0 Å². The molecule has 242 valence electrons. The molecule has 3 N–H and O–H groups in total. The Morgan fingerprint density at radius 1 is 0.350 bits per heavy atom. The third-order valence-corrected chi connectivity index (χ3v) is 9.11. The summed E-state index contributed by atoms with van der Waals surface area (Å²) < 4.78 is 0. The van der Waals surface area contributed by atoms with Crippen LogP contribution >= 0.6 is 0 Å². The highest BCUT2D eigenvalue weighted by molar-refractivity contribution is 4.62. The van der Waals surface area contributed by atoms with E-state index in [1.807, 2.05) is 0 Å². The predicted molar refractivity (Wildman–Crippen MR) is 185 cm³/mol. The van der Waals surface area contributed by atoms with E-state index in [1.54, 1.807) is 0 Å². The molecule has 2 nitrogen and oxygen atoms in total. The van der Waals surface area contributed by atoms with Crippen molar-refractivity contribution >= 4 is 0 Å². The van der Waals surface area contributed by atoms with E-state index in [-0.39, 0.29) is 0 Å². The molecule has 2 heteroatoms. The van der Waals surface area contributed by atoms with Crippen molar-refractivity contribution < 1.29 is 0 Å². The zero-order chi connectivity index (χ0) is 29.0. The van der Waals surface area contributed by atoms with E-state index < -0.39 is 0 Å². The van der Waals surface area contributed by atoms with Gasteiger partial charge in [-0.25, -0.2) is 0 Å². The van der Waals surface area contributed by atoms with Crippen molar-refractivity contribution in [2.24, 2.45) is 5.73 Å². The predicted octanol–water partition coefficient (Wildman–Crippen LogP) is 12.8. The molecule has 0 radical (unpaired) electrons. The Morgan fingerprint density at radius 2 is 0.600 bits per heavy atom. The summed E-state index contributed by atoms with van der Waals surface area (Å²) in [5, 5.41) is 3.42. The van der Waals surface area contributed by atoms with Crippen LogP contribution in [0, 0.1) is 0 Å². The Labute approximate surface area is 255 Å². The van der Waals surface area contributed by atoms with Crippen LogP contribution in [-0.2, 0) is 0 Å². The van der Waals surface area contributed by atoms with Crippen molar-refractivity contribution in [1.82, 2.24) is 5.32 Å². The van der Waals surface area contributed by atoms with Crippen LogP contribution in [0.2, 0.25) is 0 Å². The first-order valence-electron chi connectivity index (χ1n) is 19.3. The average molecular weight is 565 g/mol. The minimum Gasteiger partial charge on any atom is -0.328 e. The molecule has 0 aliphatic rings. The standard InChI is InChI=1S/C38H80N2/c1-3-5-6-7-8-9-10-11-12-14-17-20-23-26-29-32-35-38(39)36-33-30-27-24-21-18-15-13-16-19-22-25-28-31-34-37-40-4-2/h38,40H,3-37,39H2,1-2H3. The molecule has 40 heavy (non-hydrogen) atoms. The molecular formula is C38H80N2. The first kappa shape index (κ1) is 39.9. The zero-order valence-corrected chi connectivity index (χ0v) is 28.4. The van der Waals surface area contributed by atoms with Gasteiger partial charge in [-0.15, -0.1) is 0 Å². The van der Waals surface area contributed by atoms with E-state index in [2.05, 4.69) is 19.2 Å². The molecule has 0 amide bonds. The molecule has 0 aliphatic heterocycles. The fourth-order valence-electron chi connectivity index (χ4n) is 6.23. The Bertz CT molecular complexity index is 424. The summed E-state index contributed by atoms with van der Waals surface area (Å²) in [6.07, 6.45) is 47.2. The van der Waals surface area contributed by atoms with Gasteiger partial charge in [-0.3, -0.25) is 0 Å². The number of hydrogen-bond acceptors (Lipinski definition) is 2. The van der Waals surface area contributed by atoms with Crippen LogP contribution in [0.1, 0.15) is 226 Å². The molecule has 0 bridgehead atoms. The third kappa shape index (κ3) is 35.9. The van der Waals surface area contributed by atoms with Gasteiger partial charge in [0.1, 0.15) is 0 Å². The molecular weight excluding hydrogens is 484 g/mol. The lowest BCUT2D eigenvalue weighted by molar-refractivity contribution is 0.477. The van der Waals surface area contributed by atoms with Gasteiger partial charge in [-0.05, 0) is 32.4 Å². The van der Waals surface area contributed by atoms with Crippen LogP contribution in [0.15, 0.2) is 0 Å². The van der Waals surface area contributed by atoms with E-state index in [0.717, 1.165) is 6.54 Å². The molecule has 0 saturated carbocycles. The van der Waals surface area contributed by atoms with Gasteiger partial charge >= 0.3 is 0 Å². The minimum atomic E-state index is 0.463. The topological polar surface area (TPSA) is 38.0 Å². The smallest absolute Gasteiger partial charge is 0.00388 e. The van der Waals surface area contributed by atoms with Crippen molar-refractivity contribution in [2.45, 2.75) is 232 Å². The summed E-state index contributed by atoms with van der Waals surface area (Å²) in [6, 6.07) is 0.463. The van der Waals surface area contributed by atoms with Crippen LogP contribution in [0.4, 0.5) is 0 Å². The first-order valence-corrected chi connectivity index (χ1v) is 19.3. The highest BCUT2D eigenvalue weighted by atomic mass is 14.8. The number of hydrogen-bond donors (Lipinski definition) is 2. The fourth-order valence-corrected chi connectivity index (χ4v) is 6.23. The van der Waals surface area contributed by atoms with E-state index in [4.69, 9.17) is 5.73 Å². The maximum Gasteiger partial charge on any atom is 0.00388 e. The lowest BCUT2D eigenvalue weighted by Crippen LogP contribution is -2.19. The summed E-state index contributed by atoms with van der Waals surface area (Å²) in [4.78, 5) is 0. The van der Waals surface area contributed by atoms with Gasteiger partial charge in [0, 0.05) is 6.04 Å². The Balaban J connectivity index is 3.13. The zero-order valence-electron chi connectivity index (χ0n) is 28.4. The highest BCUT2D eigenvalue weighted by Crippen LogP contribution is 2.17. The van der Waals surface area contributed by atoms with Crippen LogP contribution < -0.4 is 11.1 Å². The molecule has 0 aromatic carbocycles. The Hall–Kier alpha value is -0.0800. The number of nitrogens with one attached hydrogen (secondary N) is 1. The molecule has 0 aliphatic carbocycles. The van der Waals surface area contributed by atoms with E-state index in [1.165, 1.54) is 218 Å².